The predicted molar refractivity (Wildman–Crippen MR) is 56.2 cm³/mol. The van der Waals surface area contributed by atoms with E-state index in [9.17, 15) is 4.79 Å². The lowest BCUT2D eigenvalue weighted by Gasteiger charge is -2.07. The van der Waals surface area contributed by atoms with Gasteiger partial charge in [0.15, 0.2) is 0 Å². The Balaban J connectivity index is 0. The average Bonchev–Trinajstić information content (AvgIpc) is 2.30. The van der Waals surface area contributed by atoms with E-state index in [1.165, 1.54) is 7.11 Å². The minimum atomic E-state index is -0.394. The number of hydrogen-bond acceptors (Lipinski definition) is 5. The summed E-state index contributed by atoms with van der Waals surface area (Å²) in [6, 6.07) is 0. The van der Waals surface area contributed by atoms with E-state index in [2.05, 4.69) is 11.3 Å². The Labute approximate surface area is 90.0 Å². The molecule has 0 aromatic rings. The monoisotopic (exact) mass is 220 g/mol. The molecular formula is C10H20O5. The molecule has 0 aromatic carbocycles. The van der Waals surface area contributed by atoms with Gasteiger partial charge in [-0.05, 0) is 12.8 Å². The summed E-state index contributed by atoms with van der Waals surface area (Å²) < 4.78 is 4.14. The highest BCUT2D eigenvalue weighted by atomic mass is 16.5. The molecule has 5 nitrogen and oxygen atoms in total. The van der Waals surface area contributed by atoms with Gasteiger partial charge in [0, 0.05) is 31.8 Å². The van der Waals surface area contributed by atoms with Crippen molar-refractivity contribution in [2.45, 2.75) is 12.8 Å². The molecule has 0 atom stereocenters. The Morgan fingerprint density at radius 1 is 1.40 bits per heavy atom. The van der Waals surface area contributed by atoms with Crippen LogP contribution in [0.5, 0.6) is 0 Å². The predicted octanol–water partition coefficient (Wildman–Crippen LogP) is -0.295. The quantitative estimate of drug-likeness (QED) is 0.423. The minimum absolute atomic E-state index is 0.0104. The maximum absolute atomic E-state index is 9.84. The molecule has 0 unspecified atom stereocenters. The number of aliphatic hydroxyl groups excluding tert-OH is 3. The van der Waals surface area contributed by atoms with E-state index in [1.807, 2.05) is 0 Å². The van der Waals surface area contributed by atoms with E-state index in [0.29, 0.717) is 12.8 Å². The number of carbonyl (C=O) groups excluding carboxylic acids is 1. The van der Waals surface area contributed by atoms with Crippen molar-refractivity contribution in [1.82, 2.24) is 0 Å². The molecule has 0 aliphatic carbocycles. The van der Waals surface area contributed by atoms with Gasteiger partial charge in [0.05, 0.1) is 7.11 Å². The third-order valence-corrected chi connectivity index (χ3v) is 1.65. The Kier molecular flexibility index (Phi) is 14.4. The molecule has 0 saturated heterocycles. The van der Waals surface area contributed by atoms with E-state index >= 15 is 0 Å². The molecule has 15 heavy (non-hydrogen) atoms. The van der Waals surface area contributed by atoms with Crippen LogP contribution >= 0.6 is 0 Å². The lowest BCUT2D eigenvalue weighted by atomic mass is 10.1. The molecule has 0 spiro atoms. The average molecular weight is 220 g/mol. The first kappa shape index (κ1) is 16.5. The van der Waals surface area contributed by atoms with Crippen LogP contribution in [0, 0.1) is 5.92 Å². The van der Waals surface area contributed by atoms with Crippen LogP contribution in [0.3, 0.4) is 0 Å². The van der Waals surface area contributed by atoms with Crippen LogP contribution < -0.4 is 0 Å². The number of carbonyl (C=O) groups is 1. The Bertz CT molecular complexity index is 154. The summed E-state index contributed by atoms with van der Waals surface area (Å²) in [5, 5.41) is 25.4. The fourth-order valence-corrected chi connectivity index (χ4v) is 0.704. The van der Waals surface area contributed by atoms with Gasteiger partial charge in [-0.1, -0.05) is 6.58 Å². The molecule has 0 heterocycles. The van der Waals surface area contributed by atoms with Gasteiger partial charge in [-0.25, -0.2) is 4.79 Å². The second kappa shape index (κ2) is 13.1. The third-order valence-electron chi connectivity index (χ3n) is 1.65. The van der Waals surface area contributed by atoms with Gasteiger partial charge >= 0.3 is 5.97 Å². The topological polar surface area (TPSA) is 87.0 Å². The normalized spacial score (nSPS) is 9.13. The third kappa shape index (κ3) is 13.1. The molecule has 3 N–H and O–H groups in total. The van der Waals surface area contributed by atoms with Crippen LogP contribution in [0.15, 0.2) is 12.7 Å². The Morgan fingerprint density at radius 2 is 1.93 bits per heavy atom. The molecule has 0 amide bonds. The molecule has 0 bridgehead atoms. The molecule has 0 radical (unpaired) electrons. The first-order valence-electron chi connectivity index (χ1n) is 4.69. The van der Waals surface area contributed by atoms with Crippen molar-refractivity contribution in [2.24, 2.45) is 5.92 Å². The highest BCUT2D eigenvalue weighted by molar-refractivity contribution is 5.80. The fraction of sp³-hybridized carbons (Fsp3) is 0.700. The summed E-state index contributed by atoms with van der Waals surface area (Å²) in [5.41, 5.74) is 0. The van der Waals surface area contributed by atoms with Gasteiger partial charge in [0.1, 0.15) is 0 Å². The molecule has 0 rings (SSSR count). The van der Waals surface area contributed by atoms with Crippen molar-refractivity contribution in [3.8, 4) is 0 Å². The summed E-state index contributed by atoms with van der Waals surface area (Å²) in [5.74, 6) is -0.438. The SMILES string of the molecule is C=CC(=O)OC.OCCCC(CO)CO. The maximum atomic E-state index is 9.84. The van der Waals surface area contributed by atoms with E-state index in [0.717, 1.165) is 6.08 Å². The van der Waals surface area contributed by atoms with Crippen molar-refractivity contribution in [2.75, 3.05) is 26.9 Å². The second-order valence-corrected chi connectivity index (χ2v) is 2.82. The zero-order valence-electron chi connectivity index (χ0n) is 9.06. The van der Waals surface area contributed by atoms with E-state index in [4.69, 9.17) is 15.3 Å². The molecule has 0 aromatic heterocycles. The molecule has 0 aliphatic rings. The van der Waals surface area contributed by atoms with Crippen molar-refractivity contribution < 1.29 is 24.9 Å². The highest BCUT2D eigenvalue weighted by Crippen LogP contribution is 2.02. The summed E-state index contributed by atoms with van der Waals surface area (Å²) in [6.07, 6.45) is 2.47. The Morgan fingerprint density at radius 3 is 2.13 bits per heavy atom. The molecule has 0 saturated carbocycles. The Hall–Kier alpha value is -0.910. The highest BCUT2D eigenvalue weighted by Gasteiger charge is 2.03. The van der Waals surface area contributed by atoms with Crippen LogP contribution in [0.25, 0.3) is 0 Å². The number of hydrogen-bond donors (Lipinski definition) is 3. The number of methoxy groups -OCH3 is 1. The van der Waals surface area contributed by atoms with Crippen LogP contribution in [0.1, 0.15) is 12.8 Å². The summed E-state index contributed by atoms with van der Waals surface area (Å²) in [6.45, 7) is 3.31. The molecule has 0 fully saturated rings. The number of esters is 1. The lowest BCUT2D eigenvalue weighted by molar-refractivity contribution is -0.134. The van der Waals surface area contributed by atoms with E-state index in [1.54, 1.807) is 0 Å². The fourth-order valence-electron chi connectivity index (χ4n) is 0.704. The zero-order chi connectivity index (χ0) is 12.1. The second-order valence-electron chi connectivity index (χ2n) is 2.82. The molecule has 0 aliphatic heterocycles. The van der Waals surface area contributed by atoms with Crippen molar-refractivity contribution >= 4 is 5.97 Å². The number of rotatable bonds is 6. The standard InChI is InChI=1S/C6H14O3.C4H6O2/c7-3-1-2-6(4-8)5-9;1-3-4(5)6-2/h6-9H,1-5H2;3H,1H2,2H3. The van der Waals surface area contributed by atoms with Gasteiger partial charge < -0.3 is 20.1 Å². The number of ether oxygens (including phenoxy) is 1. The lowest BCUT2D eigenvalue weighted by Crippen LogP contribution is -2.11. The first-order valence-corrected chi connectivity index (χ1v) is 4.69. The van der Waals surface area contributed by atoms with Crippen molar-refractivity contribution in [3.05, 3.63) is 12.7 Å². The maximum Gasteiger partial charge on any atom is 0.329 e. The first-order chi connectivity index (χ1) is 7.15. The van der Waals surface area contributed by atoms with Gasteiger partial charge in [-0.15, -0.1) is 0 Å². The van der Waals surface area contributed by atoms with Gasteiger partial charge in [0.25, 0.3) is 0 Å². The van der Waals surface area contributed by atoms with E-state index < -0.39 is 5.97 Å². The number of aliphatic hydroxyl groups is 3. The van der Waals surface area contributed by atoms with Crippen LogP contribution in [0.2, 0.25) is 0 Å². The van der Waals surface area contributed by atoms with Crippen molar-refractivity contribution in [3.63, 3.8) is 0 Å². The molecular weight excluding hydrogens is 200 g/mol. The largest absolute Gasteiger partial charge is 0.466 e. The summed E-state index contributed by atoms with van der Waals surface area (Å²) in [7, 11) is 1.31. The van der Waals surface area contributed by atoms with Gasteiger partial charge in [-0.2, -0.15) is 0 Å². The van der Waals surface area contributed by atoms with Gasteiger partial charge in [0.2, 0.25) is 0 Å². The van der Waals surface area contributed by atoms with Gasteiger partial charge in [-0.3, -0.25) is 0 Å². The van der Waals surface area contributed by atoms with Crippen LogP contribution in [-0.4, -0.2) is 48.2 Å². The van der Waals surface area contributed by atoms with E-state index in [-0.39, 0.29) is 25.7 Å². The van der Waals surface area contributed by atoms with Crippen molar-refractivity contribution in [1.29, 1.82) is 0 Å². The summed E-state index contributed by atoms with van der Waals surface area (Å²) in [4.78, 5) is 9.84. The minimum Gasteiger partial charge on any atom is -0.466 e. The summed E-state index contributed by atoms with van der Waals surface area (Å²) >= 11 is 0. The zero-order valence-corrected chi connectivity index (χ0v) is 9.06. The smallest absolute Gasteiger partial charge is 0.329 e. The molecule has 90 valence electrons. The molecule has 5 heteroatoms. The van der Waals surface area contributed by atoms with Crippen LogP contribution in [0.4, 0.5) is 0 Å². The van der Waals surface area contributed by atoms with Crippen LogP contribution in [-0.2, 0) is 9.53 Å².